The Bertz CT molecular complexity index is 394. The fraction of sp³-hybridized carbons (Fsp3) is 0.769. The summed E-state index contributed by atoms with van der Waals surface area (Å²) >= 11 is 0. The van der Waals surface area contributed by atoms with Gasteiger partial charge in [-0.2, -0.15) is 0 Å². The smallest absolute Gasteiger partial charge is 0.315 e. The van der Waals surface area contributed by atoms with E-state index in [0.29, 0.717) is 31.4 Å². The van der Waals surface area contributed by atoms with Crippen LogP contribution in [0.25, 0.3) is 0 Å². The second-order valence-corrected chi connectivity index (χ2v) is 4.73. The van der Waals surface area contributed by atoms with E-state index in [0.717, 1.165) is 19.4 Å². The minimum absolute atomic E-state index is 0.0243. The van der Waals surface area contributed by atoms with Crippen molar-refractivity contribution >= 4 is 11.9 Å². The van der Waals surface area contributed by atoms with Crippen LogP contribution in [0.2, 0.25) is 0 Å². The predicted octanol–water partition coefficient (Wildman–Crippen LogP) is 1.29. The van der Waals surface area contributed by atoms with Crippen molar-refractivity contribution in [3.8, 4) is 0 Å². The molecule has 7 nitrogen and oxygen atoms in total. The van der Waals surface area contributed by atoms with E-state index in [4.69, 9.17) is 4.42 Å². The van der Waals surface area contributed by atoms with E-state index in [1.165, 1.54) is 0 Å². The SMILES string of the molecule is CCCNCc1nnc(NCCC(=O)NC(C)CC)o1. The molecule has 0 radical (unpaired) electrons. The monoisotopic (exact) mass is 283 g/mol. The normalized spacial score (nSPS) is 12.2. The Labute approximate surface area is 119 Å². The van der Waals surface area contributed by atoms with Gasteiger partial charge in [0.1, 0.15) is 0 Å². The Morgan fingerprint density at radius 1 is 1.30 bits per heavy atom. The molecule has 0 saturated heterocycles. The molecule has 7 heteroatoms. The van der Waals surface area contributed by atoms with Gasteiger partial charge >= 0.3 is 6.01 Å². The van der Waals surface area contributed by atoms with Crippen LogP contribution in [0.5, 0.6) is 0 Å². The number of rotatable bonds is 10. The molecule has 1 heterocycles. The average molecular weight is 283 g/mol. The highest BCUT2D eigenvalue weighted by atomic mass is 16.4. The Balaban J connectivity index is 2.20. The highest BCUT2D eigenvalue weighted by Crippen LogP contribution is 2.04. The van der Waals surface area contributed by atoms with E-state index in [1.807, 2.05) is 13.8 Å². The van der Waals surface area contributed by atoms with Gasteiger partial charge in [-0.05, 0) is 26.3 Å². The fourth-order valence-electron chi connectivity index (χ4n) is 1.50. The van der Waals surface area contributed by atoms with Crippen LogP contribution in [-0.4, -0.2) is 35.2 Å². The minimum Gasteiger partial charge on any atom is -0.407 e. The molecule has 114 valence electrons. The second kappa shape index (κ2) is 9.30. The summed E-state index contributed by atoms with van der Waals surface area (Å²) in [5.74, 6) is 0.571. The number of amides is 1. The molecule has 0 fully saturated rings. The molecule has 1 aromatic rings. The van der Waals surface area contributed by atoms with Crippen molar-refractivity contribution in [1.29, 1.82) is 0 Å². The molecule has 0 spiro atoms. The minimum atomic E-state index is 0.0243. The first-order chi connectivity index (χ1) is 9.65. The van der Waals surface area contributed by atoms with Crippen molar-refractivity contribution < 1.29 is 9.21 Å². The molecule has 1 amide bonds. The van der Waals surface area contributed by atoms with Crippen molar-refractivity contribution in [3.63, 3.8) is 0 Å². The van der Waals surface area contributed by atoms with Crippen LogP contribution in [0.3, 0.4) is 0 Å². The van der Waals surface area contributed by atoms with E-state index in [9.17, 15) is 4.79 Å². The topological polar surface area (TPSA) is 92.1 Å². The highest BCUT2D eigenvalue weighted by Gasteiger charge is 2.07. The molecule has 0 bridgehead atoms. The summed E-state index contributed by atoms with van der Waals surface area (Å²) in [6.45, 7) is 8.08. The van der Waals surface area contributed by atoms with Crippen LogP contribution < -0.4 is 16.0 Å². The van der Waals surface area contributed by atoms with Crippen LogP contribution in [0.4, 0.5) is 6.01 Å². The number of carbonyl (C=O) groups excluding carboxylic acids is 1. The standard InChI is InChI=1S/C13H25N5O2/c1-4-7-14-9-12-17-18-13(20-12)15-8-6-11(19)16-10(3)5-2/h10,14H,4-9H2,1-3H3,(H,15,18)(H,16,19). The van der Waals surface area contributed by atoms with E-state index < -0.39 is 0 Å². The Morgan fingerprint density at radius 2 is 2.10 bits per heavy atom. The van der Waals surface area contributed by atoms with Gasteiger partial charge in [-0.25, -0.2) is 0 Å². The fourth-order valence-corrected chi connectivity index (χ4v) is 1.50. The summed E-state index contributed by atoms with van der Waals surface area (Å²) in [4.78, 5) is 11.6. The van der Waals surface area contributed by atoms with Gasteiger partial charge in [0.2, 0.25) is 11.8 Å². The third-order valence-electron chi connectivity index (χ3n) is 2.82. The molecular weight excluding hydrogens is 258 g/mol. The summed E-state index contributed by atoms with van der Waals surface area (Å²) in [5.41, 5.74) is 0. The van der Waals surface area contributed by atoms with Crippen LogP contribution in [0.15, 0.2) is 4.42 Å². The number of carbonyl (C=O) groups is 1. The summed E-state index contributed by atoms with van der Waals surface area (Å²) < 4.78 is 5.39. The summed E-state index contributed by atoms with van der Waals surface area (Å²) in [7, 11) is 0. The number of nitrogens with one attached hydrogen (secondary N) is 3. The number of hydrogen-bond acceptors (Lipinski definition) is 6. The molecule has 1 rings (SSSR count). The van der Waals surface area contributed by atoms with Crippen molar-refractivity contribution in [2.24, 2.45) is 0 Å². The molecule has 20 heavy (non-hydrogen) atoms. The van der Waals surface area contributed by atoms with Gasteiger partial charge in [0.25, 0.3) is 0 Å². The Hall–Kier alpha value is -1.63. The first-order valence-corrected chi connectivity index (χ1v) is 7.22. The predicted molar refractivity (Wildman–Crippen MR) is 77.3 cm³/mol. The molecule has 1 unspecified atom stereocenters. The molecule has 3 N–H and O–H groups in total. The second-order valence-electron chi connectivity index (χ2n) is 4.73. The van der Waals surface area contributed by atoms with E-state index in [-0.39, 0.29) is 11.9 Å². The van der Waals surface area contributed by atoms with E-state index in [2.05, 4.69) is 33.1 Å². The lowest BCUT2D eigenvalue weighted by molar-refractivity contribution is -0.121. The van der Waals surface area contributed by atoms with Crippen LogP contribution in [0, 0.1) is 0 Å². The average Bonchev–Trinajstić information content (AvgIpc) is 2.87. The van der Waals surface area contributed by atoms with Crippen molar-refractivity contribution in [2.45, 2.75) is 52.6 Å². The maximum atomic E-state index is 11.6. The lowest BCUT2D eigenvalue weighted by atomic mass is 10.2. The molecule has 1 aromatic heterocycles. The Morgan fingerprint density at radius 3 is 2.80 bits per heavy atom. The Kier molecular flexibility index (Phi) is 7.64. The molecule has 0 aliphatic carbocycles. The van der Waals surface area contributed by atoms with E-state index in [1.54, 1.807) is 0 Å². The highest BCUT2D eigenvalue weighted by molar-refractivity contribution is 5.76. The quantitative estimate of drug-likeness (QED) is 0.560. The van der Waals surface area contributed by atoms with Crippen molar-refractivity contribution in [3.05, 3.63) is 5.89 Å². The van der Waals surface area contributed by atoms with Gasteiger partial charge in [-0.3, -0.25) is 4.79 Å². The van der Waals surface area contributed by atoms with Crippen LogP contribution >= 0.6 is 0 Å². The van der Waals surface area contributed by atoms with E-state index >= 15 is 0 Å². The van der Waals surface area contributed by atoms with Crippen LogP contribution in [0.1, 0.15) is 45.9 Å². The summed E-state index contributed by atoms with van der Waals surface area (Å²) in [5, 5.41) is 16.8. The third-order valence-corrected chi connectivity index (χ3v) is 2.82. The van der Waals surface area contributed by atoms with Gasteiger partial charge in [0.15, 0.2) is 0 Å². The zero-order valence-electron chi connectivity index (χ0n) is 12.5. The zero-order chi connectivity index (χ0) is 14.8. The molecule has 0 saturated carbocycles. The molecule has 0 aliphatic rings. The van der Waals surface area contributed by atoms with Crippen LogP contribution in [-0.2, 0) is 11.3 Å². The number of aromatic nitrogens is 2. The first kappa shape index (κ1) is 16.4. The third kappa shape index (κ3) is 6.51. The van der Waals surface area contributed by atoms with Gasteiger partial charge in [0.05, 0.1) is 6.54 Å². The lowest BCUT2D eigenvalue weighted by Crippen LogP contribution is -2.32. The lowest BCUT2D eigenvalue weighted by Gasteiger charge is -2.10. The number of hydrogen-bond donors (Lipinski definition) is 3. The molecule has 0 aromatic carbocycles. The van der Waals surface area contributed by atoms with Gasteiger partial charge < -0.3 is 20.4 Å². The molecule has 1 atom stereocenters. The number of nitrogens with zero attached hydrogens (tertiary/aromatic N) is 2. The largest absolute Gasteiger partial charge is 0.407 e. The van der Waals surface area contributed by atoms with Crippen molar-refractivity contribution in [2.75, 3.05) is 18.4 Å². The maximum Gasteiger partial charge on any atom is 0.315 e. The first-order valence-electron chi connectivity index (χ1n) is 7.22. The zero-order valence-corrected chi connectivity index (χ0v) is 12.5. The molecular formula is C13H25N5O2. The summed E-state index contributed by atoms with van der Waals surface area (Å²) in [6.07, 6.45) is 2.37. The number of anilines is 1. The van der Waals surface area contributed by atoms with Crippen molar-refractivity contribution in [1.82, 2.24) is 20.8 Å². The van der Waals surface area contributed by atoms with Gasteiger partial charge in [0, 0.05) is 19.0 Å². The molecule has 0 aliphatic heterocycles. The van der Waals surface area contributed by atoms with Gasteiger partial charge in [-0.15, -0.1) is 5.10 Å². The summed E-state index contributed by atoms with van der Waals surface area (Å²) in [6, 6.07) is 0.566. The van der Waals surface area contributed by atoms with Gasteiger partial charge in [-0.1, -0.05) is 18.9 Å². The maximum absolute atomic E-state index is 11.6.